The Labute approximate surface area is 93.8 Å². The highest BCUT2D eigenvalue weighted by Gasteiger charge is 2.64. The van der Waals surface area contributed by atoms with E-state index in [9.17, 15) is 4.79 Å². The van der Waals surface area contributed by atoms with E-state index in [0.29, 0.717) is 16.7 Å². The Morgan fingerprint density at radius 2 is 1.53 bits per heavy atom. The van der Waals surface area contributed by atoms with Crippen molar-refractivity contribution < 1.29 is 4.79 Å². The van der Waals surface area contributed by atoms with Gasteiger partial charge in [-0.3, -0.25) is 4.79 Å². The van der Waals surface area contributed by atoms with Crippen LogP contribution in [-0.2, 0) is 4.79 Å². The zero-order valence-electron chi connectivity index (χ0n) is 11.2. The first-order valence-corrected chi connectivity index (χ1v) is 5.79. The van der Waals surface area contributed by atoms with Gasteiger partial charge in [-0.05, 0) is 16.7 Å². The van der Waals surface area contributed by atoms with Crippen molar-refractivity contribution in [3.63, 3.8) is 0 Å². The first-order valence-electron chi connectivity index (χ1n) is 5.79. The van der Waals surface area contributed by atoms with Gasteiger partial charge < -0.3 is 5.32 Å². The molecule has 88 valence electrons. The van der Waals surface area contributed by atoms with Crippen molar-refractivity contribution in [1.82, 2.24) is 5.32 Å². The normalized spacial score (nSPS) is 23.7. The summed E-state index contributed by atoms with van der Waals surface area (Å²) in [6.45, 7) is 15.8. The molecule has 0 aliphatic heterocycles. The summed E-state index contributed by atoms with van der Waals surface area (Å²) in [5.74, 6) is 0.761. The van der Waals surface area contributed by atoms with Crippen molar-refractivity contribution in [3.8, 4) is 0 Å². The number of hydrogen-bond donors (Lipinski definition) is 1. The lowest BCUT2D eigenvalue weighted by Crippen LogP contribution is -2.36. The van der Waals surface area contributed by atoms with E-state index >= 15 is 0 Å². The topological polar surface area (TPSA) is 29.1 Å². The predicted molar refractivity (Wildman–Crippen MR) is 63.5 cm³/mol. The molecule has 0 aromatic heterocycles. The van der Waals surface area contributed by atoms with Crippen molar-refractivity contribution in [1.29, 1.82) is 0 Å². The number of carbonyl (C=O) groups is 1. The quantitative estimate of drug-likeness (QED) is 0.747. The summed E-state index contributed by atoms with van der Waals surface area (Å²) in [6.07, 6.45) is 0. The van der Waals surface area contributed by atoms with Gasteiger partial charge in [0.1, 0.15) is 0 Å². The van der Waals surface area contributed by atoms with Gasteiger partial charge >= 0.3 is 0 Å². The lowest BCUT2D eigenvalue weighted by atomic mass is 9.95. The van der Waals surface area contributed by atoms with E-state index in [1.807, 2.05) is 20.8 Å². The highest BCUT2D eigenvalue weighted by atomic mass is 16.2. The van der Waals surface area contributed by atoms with Gasteiger partial charge in [0.05, 0.1) is 0 Å². The van der Waals surface area contributed by atoms with Crippen LogP contribution in [0.1, 0.15) is 48.5 Å². The number of carbonyl (C=O) groups excluding carboxylic acids is 1. The molecule has 15 heavy (non-hydrogen) atoms. The summed E-state index contributed by atoms with van der Waals surface area (Å²) < 4.78 is 0. The highest BCUT2D eigenvalue weighted by Crippen LogP contribution is 2.67. The predicted octanol–water partition coefficient (Wildman–Crippen LogP) is 2.83. The van der Waals surface area contributed by atoms with Gasteiger partial charge in [0.15, 0.2) is 0 Å². The molecule has 2 nitrogen and oxygen atoms in total. The highest BCUT2D eigenvalue weighted by molar-refractivity contribution is 5.81. The van der Waals surface area contributed by atoms with Crippen molar-refractivity contribution in [3.05, 3.63) is 0 Å². The zero-order chi connectivity index (χ0) is 12.1. The van der Waals surface area contributed by atoms with Crippen LogP contribution in [0, 0.1) is 22.2 Å². The summed E-state index contributed by atoms with van der Waals surface area (Å²) in [4.78, 5) is 11.7. The van der Waals surface area contributed by atoms with Crippen LogP contribution < -0.4 is 5.32 Å². The Kier molecular flexibility index (Phi) is 2.70. The monoisotopic (exact) mass is 211 g/mol. The van der Waals surface area contributed by atoms with Crippen LogP contribution in [-0.4, -0.2) is 12.5 Å². The Morgan fingerprint density at radius 1 is 1.13 bits per heavy atom. The Bertz CT molecular complexity index is 257. The van der Waals surface area contributed by atoms with Crippen molar-refractivity contribution in [2.24, 2.45) is 22.2 Å². The SMILES string of the molecule is CC(C)(C)C(=O)NCC1C(C)(C)C1(C)C. The van der Waals surface area contributed by atoms with Crippen LogP contribution in [0.25, 0.3) is 0 Å². The minimum atomic E-state index is -0.275. The molecule has 0 atom stereocenters. The van der Waals surface area contributed by atoms with E-state index in [0.717, 1.165) is 6.54 Å². The molecular weight excluding hydrogens is 186 g/mol. The molecule has 0 radical (unpaired) electrons. The van der Waals surface area contributed by atoms with Crippen LogP contribution in [0.3, 0.4) is 0 Å². The minimum Gasteiger partial charge on any atom is -0.355 e. The largest absolute Gasteiger partial charge is 0.355 e. The smallest absolute Gasteiger partial charge is 0.225 e. The molecule has 1 rings (SSSR count). The maximum atomic E-state index is 11.7. The molecule has 1 N–H and O–H groups in total. The lowest BCUT2D eigenvalue weighted by molar-refractivity contribution is -0.128. The van der Waals surface area contributed by atoms with E-state index in [1.165, 1.54) is 0 Å². The Hall–Kier alpha value is -0.530. The molecule has 0 saturated heterocycles. The number of rotatable bonds is 2. The first-order chi connectivity index (χ1) is 6.51. The third kappa shape index (κ3) is 2.04. The molecule has 1 aliphatic carbocycles. The molecule has 1 fully saturated rings. The van der Waals surface area contributed by atoms with Gasteiger partial charge in [0.2, 0.25) is 5.91 Å². The van der Waals surface area contributed by atoms with Gasteiger partial charge in [-0.15, -0.1) is 0 Å². The fourth-order valence-corrected chi connectivity index (χ4v) is 2.30. The van der Waals surface area contributed by atoms with Crippen LogP contribution in [0.5, 0.6) is 0 Å². The second-order valence-electron chi connectivity index (χ2n) is 6.96. The molecule has 0 spiro atoms. The van der Waals surface area contributed by atoms with Crippen molar-refractivity contribution in [2.45, 2.75) is 48.5 Å². The summed E-state index contributed by atoms with van der Waals surface area (Å²) in [5, 5.41) is 3.06. The van der Waals surface area contributed by atoms with E-state index in [1.54, 1.807) is 0 Å². The average Bonchev–Trinajstić information content (AvgIpc) is 2.38. The molecule has 1 saturated carbocycles. The summed E-state index contributed by atoms with van der Waals surface area (Å²) in [6, 6.07) is 0. The minimum absolute atomic E-state index is 0.154. The number of hydrogen-bond acceptors (Lipinski definition) is 1. The number of nitrogens with one attached hydrogen (secondary N) is 1. The summed E-state index contributed by atoms with van der Waals surface area (Å²) >= 11 is 0. The second kappa shape index (κ2) is 3.23. The molecule has 0 heterocycles. The Morgan fingerprint density at radius 3 is 1.80 bits per heavy atom. The molecule has 1 aliphatic rings. The summed E-state index contributed by atoms with van der Waals surface area (Å²) in [7, 11) is 0. The second-order valence-corrected chi connectivity index (χ2v) is 6.96. The molecule has 0 aromatic rings. The van der Waals surface area contributed by atoms with E-state index in [-0.39, 0.29) is 11.3 Å². The maximum Gasteiger partial charge on any atom is 0.225 e. The zero-order valence-corrected chi connectivity index (χ0v) is 11.2. The standard InChI is InChI=1S/C13H25NO/c1-11(2,3)10(15)14-8-9-12(4,5)13(9,6)7/h9H,8H2,1-7H3,(H,14,15). The fraction of sp³-hybridized carbons (Fsp3) is 0.923. The average molecular weight is 211 g/mol. The molecular formula is C13H25NO. The first kappa shape index (κ1) is 12.5. The van der Waals surface area contributed by atoms with Crippen LogP contribution in [0.15, 0.2) is 0 Å². The fourth-order valence-electron chi connectivity index (χ4n) is 2.30. The van der Waals surface area contributed by atoms with E-state index < -0.39 is 0 Å². The van der Waals surface area contributed by atoms with Gasteiger partial charge in [-0.1, -0.05) is 48.5 Å². The van der Waals surface area contributed by atoms with Crippen molar-refractivity contribution >= 4 is 5.91 Å². The van der Waals surface area contributed by atoms with Gasteiger partial charge in [-0.25, -0.2) is 0 Å². The maximum absolute atomic E-state index is 11.7. The van der Waals surface area contributed by atoms with E-state index in [4.69, 9.17) is 0 Å². The Balaban J connectivity index is 2.45. The van der Waals surface area contributed by atoms with E-state index in [2.05, 4.69) is 33.0 Å². The molecule has 1 amide bonds. The lowest BCUT2D eigenvalue weighted by Gasteiger charge is -2.18. The molecule has 0 bridgehead atoms. The van der Waals surface area contributed by atoms with Gasteiger partial charge in [-0.2, -0.15) is 0 Å². The third-order valence-electron chi connectivity index (χ3n) is 4.47. The molecule has 0 aromatic carbocycles. The van der Waals surface area contributed by atoms with Crippen LogP contribution >= 0.6 is 0 Å². The third-order valence-corrected chi connectivity index (χ3v) is 4.47. The van der Waals surface area contributed by atoms with Crippen molar-refractivity contribution in [2.75, 3.05) is 6.54 Å². The number of amides is 1. The molecule has 0 unspecified atom stereocenters. The van der Waals surface area contributed by atoms with Crippen LogP contribution in [0.2, 0.25) is 0 Å². The van der Waals surface area contributed by atoms with Gasteiger partial charge in [0, 0.05) is 12.0 Å². The van der Waals surface area contributed by atoms with Crippen LogP contribution in [0.4, 0.5) is 0 Å². The summed E-state index contributed by atoms with van der Waals surface area (Å²) in [5.41, 5.74) is 0.444. The van der Waals surface area contributed by atoms with Gasteiger partial charge in [0.25, 0.3) is 0 Å². The molecule has 2 heteroatoms.